The van der Waals surface area contributed by atoms with Gasteiger partial charge in [0.25, 0.3) is 5.56 Å². The molecule has 0 amide bonds. The van der Waals surface area contributed by atoms with E-state index in [1.54, 1.807) is 31.2 Å². The summed E-state index contributed by atoms with van der Waals surface area (Å²) in [6.07, 6.45) is 7.08. The van der Waals surface area contributed by atoms with Gasteiger partial charge in [-0.25, -0.2) is 4.79 Å². The Bertz CT molecular complexity index is 1880. The van der Waals surface area contributed by atoms with Gasteiger partial charge in [0.2, 0.25) is 17.2 Å². The van der Waals surface area contributed by atoms with Crippen molar-refractivity contribution in [2.45, 2.75) is 70.3 Å². The molecule has 3 atom stereocenters. The first kappa shape index (κ1) is 32.4. The van der Waals surface area contributed by atoms with E-state index in [2.05, 4.69) is 22.2 Å². The van der Waals surface area contributed by atoms with E-state index in [1.807, 2.05) is 0 Å². The van der Waals surface area contributed by atoms with Gasteiger partial charge in [0, 0.05) is 29.2 Å². The number of carbonyl (C=O) groups excluding carboxylic acids is 2. The molecule has 0 fully saturated rings. The van der Waals surface area contributed by atoms with Crippen molar-refractivity contribution in [2.75, 3.05) is 26.1 Å². The van der Waals surface area contributed by atoms with Crippen LogP contribution in [0.2, 0.25) is 5.02 Å². The lowest BCUT2D eigenvalue weighted by Gasteiger charge is -2.42. The maximum atomic E-state index is 14.9. The zero-order valence-corrected chi connectivity index (χ0v) is 27.6. The number of hydrogen-bond acceptors (Lipinski definition) is 9. The van der Waals surface area contributed by atoms with E-state index in [-0.39, 0.29) is 51.2 Å². The summed E-state index contributed by atoms with van der Waals surface area (Å²) >= 11 is 6.62. The Hall–Kier alpha value is -4.51. The fourth-order valence-corrected chi connectivity index (χ4v) is 7.21. The average molecular weight is 664 g/mol. The van der Waals surface area contributed by atoms with E-state index in [9.17, 15) is 19.2 Å². The predicted molar refractivity (Wildman–Crippen MR) is 177 cm³/mol. The van der Waals surface area contributed by atoms with Crippen molar-refractivity contribution in [3.8, 4) is 23.0 Å². The van der Waals surface area contributed by atoms with E-state index in [0.29, 0.717) is 23.6 Å². The van der Waals surface area contributed by atoms with Gasteiger partial charge in [-0.3, -0.25) is 24.4 Å². The number of H-pyrrole nitrogens is 2. The Morgan fingerprint density at radius 2 is 1.64 bits per heavy atom. The molecule has 3 aromatic rings. The Morgan fingerprint density at radius 3 is 2.34 bits per heavy atom. The number of ether oxygens (including phenoxy) is 4. The van der Waals surface area contributed by atoms with Gasteiger partial charge in [-0.05, 0) is 30.5 Å². The van der Waals surface area contributed by atoms with Gasteiger partial charge < -0.3 is 24.3 Å². The van der Waals surface area contributed by atoms with Crippen LogP contribution < -0.4 is 35.5 Å². The molecule has 248 valence electrons. The molecule has 3 heterocycles. The smallest absolute Gasteiger partial charge is 0.327 e. The van der Waals surface area contributed by atoms with E-state index < -0.39 is 40.3 Å². The van der Waals surface area contributed by atoms with E-state index >= 15 is 0 Å². The van der Waals surface area contributed by atoms with Crippen LogP contribution in [0.1, 0.15) is 86.2 Å². The van der Waals surface area contributed by atoms with Gasteiger partial charge in [-0.1, -0.05) is 69.7 Å². The number of halogens is 1. The number of aromatic nitrogens is 2. The third kappa shape index (κ3) is 5.40. The summed E-state index contributed by atoms with van der Waals surface area (Å²) in [4.78, 5) is 59.9. The minimum atomic E-state index is -1.98. The number of fused-ring (bicyclic) bond motifs is 2. The summed E-state index contributed by atoms with van der Waals surface area (Å²) in [5.41, 5.74) is -1.85. The van der Waals surface area contributed by atoms with Crippen LogP contribution in [0.25, 0.3) is 0 Å². The van der Waals surface area contributed by atoms with Gasteiger partial charge >= 0.3 is 5.69 Å². The van der Waals surface area contributed by atoms with Crippen molar-refractivity contribution in [3.63, 3.8) is 0 Å². The Kier molecular flexibility index (Phi) is 8.93. The molecule has 12 heteroatoms. The maximum Gasteiger partial charge on any atom is 0.327 e. The summed E-state index contributed by atoms with van der Waals surface area (Å²) in [6, 6.07) is 8.66. The van der Waals surface area contributed by atoms with Crippen molar-refractivity contribution < 1.29 is 28.5 Å². The maximum absolute atomic E-state index is 14.9. The van der Waals surface area contributed by atoms with Crippen LogP contribution in [-0.4, -0.2) is 48.0 Å². The van der Waals surface area contributed by atoms with Crippen LogP contribution >= 0.6 is 11.6 Å². The Labute approximate surface area is 276 Å². The first-order chi connectivity index (χ1) is 22.7. The molecule has 2 aromatic carbocycles. The highest BCUT2D eigenvalue weighted by Crippen LogP contribution is 2.56. The first-order valence-electron chi connectivity index (χ1n) is 16.0. The summed E-state index contributed by atoms with van der Waals surface area (Å²) in [5.74, 6) is -1.55. The number of rotatable bonds is 11. The number of benzene rings is 2. The number of hydrogen-bond donors (Lipinski definition) is 3. The molecule has 0 saturated carbocycles. The zero-order valence-electron chi connectivity index (χ0n) is 26.8. The molecule has 1 aromatic heterocycles. The molecular formula is C35H38ClN3O8. The average Bonchev–Trinajstić information content (AvgIpc) is 3.37. The van der Waals surface area contributed by atoms with Crippen LogP contribution in [0, 0.1) is 5.92 Å². The van der Waals surface area contributed by atoms with Crippen molar-refractivity contribution in [1.29, 1.82) is 0 Å². The third-order valence-corrected chi connectivity index (χ3v) is 9.70. The van der Waals surface area contributed by atoms with Crippen molar-refractivity contribution in [2.24, 2.45) is 5.92 Å². The summed E-state index contributed by atoms with van der Waals surface area (Å²) in [5, 5.41) is 3.16. The standard InChI is InChI=1S/C35H38ClN3O8/c1-5-6-7-8-9-10-15-46-20-13-11-19(12-14-20)24-25-21(37-32-27(24)33(42)39-34(43)38-32)16-18(2)35(30(25)40)31(41)26-22(44-3)17-23(45-4)28(36)29(26)47-35/h11-14,17-18,24H,5-10,15-16H2,1-4H3,(H3,37,38,39,42,43)/t18-,24?,35+/m1/s1. The predicted octanol–water partition coefficient (Wildman–Crippen LogP) is 5.91. The number of nitrogens with one attached hydrogen (secondary N) is 3. The van der Waals surface area contributed by atoms with Crippen LogP contribution in [-0.2, 0) is 4.79 Å². The van der Waals surface area contributed by atoms with Crippen LogP contribution in [0.3, 0.4) is 0 Å². The molecule has 1 spiro atoms. The second-order valence-electron chi connectivity index (χ2n) is 12.2. The normalized spacial score (nSPS) is 21.1. The highest BCUT2D eigenvalue weighted by molar-refractivity contribution is 6.36. The van der Waals surface area contributed by atoms with Crippen molar-refractivity contribution in [3.05, 3.63) is 84.2 Å². The molecule has 3 N–H and O–H groups in total. The quantitative estimate of drug-likeness (QED) is 0.168. The zero-order chi connectivity index (χ0) is 33.5. The topological polar surface area (TPSA) is 149 Å². The van der Waals surface area contributed by atoms with Crippen LogP contribution in [0.5, 0.6) is 23.0 Å². The van der Waals surface area contributed by atoms with Gasteiger partial charge in [0.15, 0.2) is 5.75 Å². The fraction of sp³-hybridized carbons (Fsp3) is 0.429. The lowest BCUT2D eigenvalue weighted by molar-refractivity contribution is -0.130. The molecule has 1 aliphatic carbocycles. The molecular weight excluding hydrogens is 626 g/mol. The largest absolute Gasteiger partial charge is 0.496 e. The number of Topliss-reactive ketones (excluding diaryl/α,β-unsaturated/α-hetero) is 2. The second-order valence-corrected chi connectivity index (χ2v) is 12.6. The molecule has 47 heavy (non-hydrogen) atoms. The number of anilines is 1. The minimum absolute atomic E-state index is 0.00637. The van der Waals surface area contributed by atoms with Gasteiger partial charge in [0.05, 0.1) is 26.4 Å². The number of methoxy groups -OCH3 is 2. The molecule has 0 radical (unpaired) electrons. The van der Waals surface area contributed by atoms with Crippen LogP contribution in [0.4, 0.5) is 5.82 Å². The van der Waals surface area contributed by atoms with E-state index in [0.717, 1.165) is 12.8 Å². The summed E-state index contributed by atoms with van der Waals surface area (Å²) in [7, 11) is 2.83. The number of unbranched alkanes of at least 4 members (excludes halogenated alkanes) is 5. The first-order valence-corrected chi connectivity index (χ1v) is 16.4. The highest BCUT2D eigenvalue weighted by Gasteiger charge is 2.63. The van der Waals surface area contributed by atoms with E-state index in [4.69, 9.17) is 30.5 Å². The van der Waals surface area contributed by atoms with Crippen molar-refractivity contribution in [1.82, 2.24) is 9.97 Å². The molecule has 11 nitrogen and oxygen atoms in total. The molecule has 0 saturated heterocycles. The Balaban J connectivity index is 1.38. The monoisotopic (exact) mass is 663 g/mol. The number of allylic oxidation sites excluding steroid dienone is 1. The van der Waals surface area contributed by atoms with E-state index in [1.165, 1.54) is 46.0 Å². The Morgan fingerprint density at radius 1 is 0.936 bits per heavy atom. The van der Waals surface area contributed by atoms with Gasteiger partial charge in [0.1, 0.15) is 33.7 Å². The third-order valence-electron chi connectivity index (χ3n) is 9.34. The number of carbonyl (C=O) groups is 2. The van der Waals surface area contributed by atoms with Crippen LogP contribution in [0.15, 0.2) is 51.2 Å². The lowest BCUT2D eigenvalue weighted by Crippen LogP contribution is -2.58. The number of aromatic amines is 2. The minimum Gasteiger partial charge on any atom is -0.496 e. The molecule has 2 aliphatic heterocycles. The lowest BCUT2D eigenvalue weighted by atomic mass is 9.66. The SMILES string of the molecule is CCCCCCCCOc1ccc(C2C3=C(C[C@@H](C)[C@]4(Oc5c(Cl)c(OC)cc(OC)c5C4=O)C3=O)Nc3[nH]c(=O)[nH]c(=O)c32)cc1. The second kappa shape index (κ2) is 12.9. The van der Waals surface area contributed by atoms with Gasteiger partial charge in [-0.15, -0.1) is 0 Å². The molecule has 0 bridgehead atoms. The van der Waals surface area contributed by atoms with Gasteiger partial charge in [-0.2, -0.15) is 0 Å². The highest BCUT2D eigenvalue weighted by atomic mass is 35.5. The summed E-state index contributed by atoms with van der Waals surface area (Å²) < 4.78 is 23.2. The summed E-state index contributed by atoms with van der Waals surface area (Å²) in [6.45, 7) is 4.51. The molecule has 3 aliphatic rings. The molecule has 6 rings (SSSR count). The van der Waals surface area contributed by atoms with Crippen molar-refractivity contribution >= 4 is 29.0 Å². The number of ketones is 2. The molecule has 1 unspecified atom stereocenters. The fourth-order valence-electron chi connectivity index (χ4n) is 6.95.